The minimum absolute atomic E-state index is 0.0262. The Morgan fingerprint density at radius 3 is 1.88 bits per heavy atom. The van der Waals surface area contributed by atoms with Crippen molar-refractivity contribution in [3.05, 3.63) is 126 Å². The molecule has 6 rings (SSSR count). The summed E-state index contributed by atoms with van der Waals surface area (Å²) in [6, 6.07) is 31.9. The van der Waals surface area contributed by atoms with E-state index in [9.17, 15) is 0 Å². The van der Waals surface area contributed by atoms with E-state index in [1.807, 2.05) is 18.6 Å². The van der Waals surface area contributed by atoms with E-state index in [1.165, 1.54) is 16.7 Å². The second-order valence-corrected chi connectivity index (χ2v) is 28.2. The van der Waals surface area contributed by atoms with E-state index in [0.717, 1.165) is 24.6 Å². The molecule has 12 heteroatoms. The van der Waals surface area contributed by atoms with Crippen LogP contribution in [0.4, 0.5) is 0 Å². The van der Waals surface area contributed by atoms with E-state index in [4.69, 9.17) is 33.3 Å². The molecule has 10 nitrogen and oxygen atoms in total. The molecule has 1 aliphatic rings. The third-order valence-corrected chi connectivity index (χ3v) is 21.4. The molecule has 312 valence electrons. The maximum absolute atomic E-state index is 7.57. The number of aromatic nitrogens is 4. The Bertz CT molecular complexity index is 2000. The number of methoxy groups -OCH3 is 1. The Hall–Kier alpha value is -3.76. The Kier molecular flexibility index (Phi) is 13.8. The van der Waals surface area contributed by atoms with Crippen molar-refractivity contribution in [1.82, 2.24) is 24.9 Å². The lowest BCUT2D eigenvalue weighted by atomic mass is 9.91. The average Bonchev–Trinajstić information content (AvgIpc) is 3.74. The van der Waals surface area contributed by atoms with Crippen molar-refractivity contribution >= 4 is 27.8 Å². The van der Waals surface area contributed by atoms with Crippen molar-refractivity contribution in [2.24, 2.45) is 0 Å². The summed E-state index contributed by atoms with van der Waals surface area (Å²) < 4.78 is 30.3. The number of nitrogens with zero attached hydrogens (tertiary/aromatic N) is 5. The number of rotatable bonds is 17. The highest BCUT2D eigenvalue weighted by atomic mass is 28.4. The first-order valence-corrected chi connectivity index (χ1v) is 26.6. The highest BCUT2D eigenvalue weighted by molar-refractivity contribution is 6.74. The van der Waals surface area contributed by atoms with Gasteiger partial charge < -0.3 is 23.6 Å². The fourth-order valence-corrected chi connectivity index (χ4v) is 9.60. The predicted octanol–water partition coefficient (Wildman–Crippen LogP) is 9.08. The quantitative estimate of drug-likeness (QED) is 0.0728. The molecule has 5 aromatic rings. The summed E-state index contributed by atoms with van der Waals surface area (Å²) in [5.41, 5.74) is 5.08. The molecule has 2 aromatic heterocycles. The van der Waals surface area contributed by atoms with E-state index in [1.54, 1.807) is 7.11 Å². The van der Waals surface area contributed by atoms with Crippen LogP contribution in [0, 0.1) is 0 Å². The number of hydrogen-bond acceptors (Lipinski definition) is 9. The number of ether oxygens (including phenoxy) is 2. The van der Waals surface area contributed by atoms with E-state index >= 15 is 0 Å². The summed E-state index contributed by atoms with van der Waals surface area (Å²) in [5.74, 6) is 0.719. The molecule has 0 saturated carbocycles. The molecular formula is C46H66N6O4Si2. The Balaban J connectivity index is 1.47. The zero-order valence-electron chi connectivity index (χ0n) is 36.6. The van der Waals surface area contributed by atoms with Gasteiger partial charge in [-0.2, -0.15) is 0 Å². The highest BCUT2D eigenvalue weighted by Gasteiger charge is 2.55. The number of hydrogen-bond donors (Lipinski definition) is 1. The van der Waals surface area contributed by atoms with Crippen LogP contribution in [0.15, 0.2) is 104 Å². The lowest BCUT2D eigenvalue weighted by molar-refractivity contribution is -0.0371. The molecule has 0 bridgehead atoms. The van der Waals surface area contributed by atoms with Crippen molar-refractivity contribution in [3.63, 3.8) is 0 Å². The maximum atomic E-state index is 7.57. The monoisotopic (exact) mass is 822 g/mol. The topological polar surface area (TPSA) is 95.8 Å². The van der Waals surface area contributed by atoms with Crippen molar-refractivity contribution in [1.29, 1.82) is 0 Å². The van der Waals surface area contributed by atoms with Gasteiger partial charge in [0.05, 0.1) is 12.8 Å². The standard InChI is InChI=1S/C46H66N6O4Si2/c1-45(2,3)57(8,9)55-41-39(32-53-7)54-44(42(41)56-58(10,11)46(4,5)6)51(31-37(35-23-17-13-18-24-35)36-25-19-14-20-26-36)52-33-49-38-30-48-40(50-43(38)52)27-28-47-29-34-21-15-12-16-22-34/h12-26,30,33,37,39,41-42,44,47H,27-29,31-32H2,1-11H3/t39-,41-,42+,44-/m1/s1. The summed E-state index contributed by atoms with van der Waals surface area (Å²) in [6.45, 7) is 25.4. The van der Waals surface area contributed by atoms with E-state index < -0.39 is 29.0 Å². The van der Waals surface area contributed by atoms with E-state index in [0.29, 0.717) is 25.1 Å². The van der Waals surface area contributed by atoms with Crippen molar-refractivity contribution < 1.29 is 18.3 Å². The highest BCUT2D eigenvalue weighted by Crippen LogP contribution is 2.44. The van der Waals surface area contributed by atoms with Crippen LogP contribution in [-0.2, 0) is 31.3 Å². The molecular weight excluding hydrogens is 757 g/mol. The minimum Gasteiger partial charge on any atom is -0.408 e. The zero-order chi connectivity index (χ0) is 41.7. The summed E-state index contributed by atoms with van der Waals surface area (Å²) in [5, 5.41) is 5.76. The first kappa shape index (κ1) is 43.8. The van der Waals surface area contributed by atoms with Gasteiger partial charge in [0.25, 0.3) is 0 Å². The van der Waals surface area contributed by atoms with Gasteiger partial charge in [-0.1, -0.05) is 133 Å². The van der Waals surface area contributed by atoms with Gasteiger partial charge in [-0.3, -0.25) is 5.01 Å². The van der Waals surface area contributed by atoms with Crippen LogP contribution in [0.25, 0.3) is 11.2 Å². The molecule has 1 N–H and O–H groups in total. The largest absolute Gasteiger partial charge is 0.408 e. The molecule has 0 spiro atoms. The van der Waals surface area contributed by atoms with E-state index in [2.05, 4.69) is 168 Å². The maximum Gasteiger partial charge on any atom is 0.192 e. The number of imidazole rings is 1. The Morgan fingerprint density at radius 1 is 0.776 bits per heavy atom. The number of fused-ring (bicyclic) bond motifs is 1. The second-order valence-electron chi connectivity index (χ2n) is 18.7. The molecule has 0 amide bonds. The van der Waals surface area contributed by atoms with Crippen molar-refractivity contribution in [2.75, 3.05) is 31.8 Å². The molecule has 58 heavy (non-hydrogen) atoms. The van der Waals surface area contributed by atoms with Crippen molar-refractivity contribution in [2.45, 2.75) is 121 Å². The van der Waals surface area contributed by atoms with Gasteiger partial charge in [-0.05, 0) is 53.0 Å². The van der Waals surface area contributed by atoms with Crippen LogP contribution >= 0.6 is 0 Å². The molecule has 1 fully saturated rings. The molecule has 0 radical (unpaired) electrons. The predicted molar refractivity (Wildman–Crippen MR) is 240 cm³/mol. The van der Waals surface area contributed by atoms with Crippen LogP contribution < -0.4 is 10.3 Å². The summed E-state index contributed by atoms with van der Waals surface area (Å²) in [7, 11) is -2.99. The molecule has 1 aliphatic heterocycles. The van der Waals surface area contributed by atoms with Gasteiger partial charge in [0.15, 0.2) is 28.5 Å². The van der Waals surface area contributed by atoms with Crippen LogP contribution in [0.5, 0.6) is 0 Å². The lowest BCUT2D eigenvalue weighted by Gasteiger charge is -2.45. The van der Waals surface area contributed by atoms with Gasteiger partial charge in [0.2, 0.25) is 0 Å². The van der Waals surface area contributed by atoms with Crippen LogP contribution in [0.2, 0.25) is 36.3 Å². The lowest BCUT2D eigenvalue weighted by Crippen LogP contribution is -2.58. The van der Waals surface area contributed by atoms with Crippen molar-refractivity contribution in [3.8, 4) is 0 Å². The second kappa shape index (κ2) is 18.2. The first-order valence-electron chi connectivity index (χ1n) is 20.8. The van der Waals surface area contributed by atoms with Gasteiger partial charge in [0, 0.05) is 39.1 Å². The van der Waals surface area contributed by atoms with E-state index in [-0.39, 0.29) is 28.2 Å². The third-order valence-electron chi connectivity index (χ3n) is 12.5. The average molecular weight is 823 g/mol. The number of benzene rings is 3. The first-order chi connectivity index (χ1) is 27.5. The van der Waals surface area contributed by atoms with Gasteiger partial charge in [-0.25, -0.2) is 19.6 Å². The van der Waals surface area contributed by atoms with Crippen LogP contribution in [-0.4, -0.2) is 87.6 Å². The van der Waals surface area contributed by atoms with Gasteiger partial charge in [0.1, 0.15) is 36.0 Å². The minimum atomic E-state index is -2.40. The molecule has 1 saturated heterocycles. The Labute approximate surface area is 348 Å². The summed E-state index contributed by atoms with van der Waals surface area (Å²) in [4.78, 5) is 14.8. The molecule has 3 heterocycles. The molecule has 4 atom stereocenters. The summed E-state index contributed by atoms with van der Waals surface area (Å²) >= 11 is 0. The smallest absolute Gasteiger partial charge is 0.192 e. The van der Waals surface area contributed by atoms with Gasteiger partial charge in [-0.15, -0.1) is 0 Å². The molecule has 0 unspecified atom stereocenters. The summed E-state index contributed by atoms with van der Waals surface area (Å²) in [6.07, 6.45) is 2.62. The SMILES string of the molecule is COC[C@H]1O[C@@H](N(CC(c2ccccc2)c2ccccc2)n2cnc3cnc(CCNCc4ccccc4)nc32)[C@@H](O[Si](C)(C)C(C)(C)C)[C@@H]1O[Si](C)(C)C(C)(C)C. The fourth-order valence-electron chi connectivity index (χ4n) is 6.99. The fraction of sp³-hybridized carbons (Fsp3) is 0.500. The molecule has 3 aromatic carbocycles. The van der Waals surface area contributed by atoms with Crippen LogP contribution in [0.3, 0.4) is 0 Å². The van der Waals surface area contributed by atoms with Gasteiger partial charge >= 0.3 is 0 Å². The molecule has 0 aliphatic carbocycles. The third kappa shape index (κ3) is 10.2. The number of nitrogens with one attached hydrogen (secondary N) is 1. The zero-order valence-corrected chi connectivity index (χ0v) is 38.6. The normalized spacial score (nSPS) is 19.3. The van der Waals surface area contributed by atoms with Crippen LogP contribution in [0.1, 0.15) is 70.0 Å². The Morgan fingerprint density at radius 2 is 1.33 bits per heavy atom.